The first-order chi connectivity index (χ1) is 9.93. The summed E-state index contributed by atoms with van der Waals surface area (Å²) in [4.78, 5) is 0.415. The second-order valence-corrected chi connectivity index (χ2v) is 8.15. The molecule has 126 valence electrons. The molecule has 1 aromatic rings. The molecule has 1 aliphatic heterocycles. The quantitative estimate of drug-likeness (QED) is 0.891. The van der Waals surface area contributed by atoms with Crippen LogP contribution >= 0.6 is 12.4 Å². The third-order valence-corrected chi connectivity index (χ3v) is 5.98. The summed E-state index contributed by atoms with van der Waals surface area (Å²) in [7, 11) is -1.40. The summed E-state index contributed by atoms with van der Waals surface area (Å²) in [5, 5.41) is 3.22. The second kappa shape index (κ2) is 8.29. The van der Waals surface area contributed by atoms with Gasteiger partial charge in [0.05, 0.1) is 4.90 Å². The van der Waals surface area contributed by atoms with Gasteiger partial charge in [-0.15, -0.1) is 12.4 Å². The summed E-state index contributed by atoms with van der Waals surface area (Å²) in [5.41, 5.74) is 1.19. The van der Waals surface area contributed by atoms with E-state index in [1.807, 2.05) is 19.2 Å². The van der Waals surface area contributed by atoms with Crippen LogP contribution in [-0.4, -0.2) is 38.9 Å². The highest BCUT2D eigenvalue weighted by Crippen LogP contribution is 2.21. The fourth-order valence-electron chi connectivity index (χ4n) is 2.80. The van der Waals surface area contributed by atoms with Crippen LogP contribution in [0.4, 0.5) is 0 Å². The lowest BCUT2D eigenvalue weighted by molar-refractivity contribution is 0.298. The van der Waals surface area contributed by atoms with Crippen LogP contribution in [0.1, 0.15) is 32.3 Å². The Morgan fingerprint density at radius 1 is 1.18 bits per heavy atom. The predicted octanol–water partition coefficient (Wildman–Crippen LogP) is 2.68. The largest absolute Gasteiger partial charge is 0.317 e. The molecule has 1 saturated heterocycles. The SMILES string of the molecule is CNC1CCN(S(=O)(=O)c2ccc(CC(C)C)cc2)CC1.Cl. The van der Waals surface area contributed by atoms with Crippen LogP contribution in [0.2, 0.25) is 0 Å². The number of piperidine rings is 1. The van der Waals surface area contributed by atoms with Crippen LogP contribution in [0.15, 0.2) is 29.2 Å². The van der Waals surface area contributed by atoms with Gasteiger partial charge in [0, 0.05) is 19.1 Å². The first-order valence-corrected chi connectivity index (χ1v) is 9.14. The standard InChI is InChI=1S/C16H26N2O2S.ClH/c1-13(2)12-14-4-6-16(7-5-14)21(19,20)18-10-8-15(17-3)9-11-18;/h4-7,13,15,17H,8-12H2,1-3H3;1H. The molecule has 6 heteroatoms. The van der Waals surface area contributed by atoms with Crippen molar-refractivity contribution in [3.8, 4) is 0 Å². The van der Waals surface area contributed by atoms with Crippen LogP contribution in [0.25, 0.3) is 0 Å². The van der Waals surface area contributed by atoms with Crippen LogP contribution in [0, 0.1) is 5.92 Å². The molecule has 0 radical (unpaired) electrons. The maximum atomic E-state index is 12.6. The lowest BCUT2D eigenvalue weighted by Gasteiger charge is -2.31. The number of hydrogen-bond acceptors (Lipinski definition) is 3. The van der Waals surface area contributed by atoms with Crippen molar-refractivity contribution in [1.82, 2.24) is 9.62 Å². The molecule has 2 rings (SSSR count). The number of sulfonamides is 1. The van der Waals surface area contributed by atoms with Crippen molar-refractivity contribution in [2.75, 3.05) is 20.1 Å². The van der Waals surface area contributed by atoms with E-state index >= 15 is 0 Å². The summed E-state index contributed by atoms with van der Waals surface area (Å²) in [5.74, 6) is 0.577. The highest BCUT2D eigenvalue weighted by atomic mass is 35.5. The molecule has 1 N–H and O–H groups in total. The van der Waals surface area contributed by atoms with Gasteiger partial charge in [0.15, 0.2) is 0 Å². The number of benzene rings is 1. The van der Waals surface area contributed by atoms with Crippen LogP contribution in [-0.2, 0) is 16.4 Å². The van der Waals surface area contributed by atoms with Crippen molar-refractivity contribution in [2.24, 2.45) is 5.92 Å². The molecular weight excluding hydrogens is 320 g/mol. The van der Waals surface area contributed by atoms with E-state index in [0.29, 0.717) is 29.9 Å². The van der Waals surface area contributed by atoms with E-state index in [1.165, 1.54) is 5.56 Å². The number of nitrogens with zero attached hydrogens (tertiary/aromatic N) is 1. The maximum Gasteiger partial charge on any atom is 0.243 e. The Morgan fingerprint density at radius 2 is 1.73 bits per heavy atom. The van der Waals surface area contributed by atoms with Crippen molar-refractivity contribution in [3.63, 3.8) is 0 Å². The lowest BCUT2D eigenvalue weighted by Crippen LogP contribution is -2.43. The monoisotopic (exact) mass is 346 g/mol. The lowest BCUT2D eigenvalue weighted by atomic mass is 10.0. The first-order valence-electron chi connectivity index (χ1n) is 7.70. The van der Waals surface area contributed by atoms with E-state index in [1.54, 1.807) is 16.4 Å². The molecule has 4 nitrogen and oxygen atoms in total. The van der Waals surface area contributed by atoms with E-state index < -0.39 is 10.0 Å². The van der Waals surface area contributed by atoms with E-state index in [2.05, 4.69) is 19.2 Å². The first kappa shape index (κ1) is 19.4. The van der Waals surface area contributed by atoms with Crippen LogP contribution in [0.5, 0.6) is 0 Å². The van der Waals surface area contributed by atoms with Gasteiger partial charge in [0.1, 0.15) is 0 Å². The summed E-state index contributed by atoms with van der Waals surface area (Å²) in [6, 6.07) is 7.80. The molecule has 0 amide bonds. The number of rotatable bonds is 5. The van der Waals surface area contributed by atoms with Crippen molar-refractivity contribution in [1.29, 1.82) is 0 Å². The molecule has 1 aliphatic rings. The van der Waals surface area contributed by atoms with Gasteiger partial charge in [-0.2, -0.15) is 4.31 Å². The Bertz CT molecular complexity index is 550. The van der Waals surface area contributed by atoms with Gasteiger partial charge in [-0.1, -0.05) is 26.0 Å². The van der Waals surface area contributed by atoms with Gasteiger partial charge < -0.3 is 5.32 Å². The molecule has 0 saturated carbocycles. The van der Waals surface area contributed by atoms with E-state index in [0.717, 1.165) is 19.3 Å². The Morgan fingerprint density at radius 3 is 2.18 bits per heavy atom. The summed E-state index contributed by atoms with van der Waals surface area (Å²) < 4.78 is 26.9. The molecule has 0 atom stereocenters. The predicted molar refractivity (Wildman–Crippen MR) is 93.1 cm³/mol. The van der Waals surface area contributed by atoms with Crippen LogP contribution in [0.3, 0.4) is 0 Å². The maximum absolute atomic E-state index is 12.6. The molecule has 0 aliphatic carbocycles. The Kier molecular flexibility index (Phi) is 7.32. The zero-order valence-electron chi connectivity index (χ0n) is 13.6. The summed E-state index contributed by atoms with van der Waals surface area (Å²) in [6.07, 6.45) is 2.73. The number of halogens is 1. The zero-order chi connectivity index (χ0) is 15.5. The highest BCUT2D eigenvalue weighted by Gasteiger charge is 2.28. The second-order valence-electron chi connectivity index (χ2n) is 6.21. The third kappa shape index (κ3) is 4.69. The molecule has 0 bridgehead atoms. The molecule has 0 unspecified atom stereocenters. The average molecular weight is 347 g/mol. The Hall–Kier alpha value is -0.620. The minimum absolute atomic E-state index is 0. The van der Waals surface area contributed by atoms with Gasteiger partial charge in [-0.25, -0.2) is 8.42 Å². The van der Waals surface area contributed by atoms with E-state index in [9.17, 15) is 8.42 Å². The molecule has 0 aromatic heterocycles. The molecule has 1 heterocycles. The Balaban J connectivity index is 0.00000242. The molecule has 22 heavy (non-hydrogen) atoms. The van der Waals surface area contributed by atoms with Gasteiger partial charge in [0.25, 0.3) is 0 Å². The van der Waals surface area contributed by atoms with Gasteiger partial charge in [-0.05, 0) is 49.9 Å². The van der Waals surface area contributed by atoms with E-state index in [4.69, 9.17) is 0 Å². The minimum Gasteiger partial charge on any atom is -0.317 e. The van der Waals surface area contributed by atoms with Crippen molar-refractivity contribution in [3.05, 3.63) is 29.8 Å². The normalized spacial score (nSPS) is 17.5. The van der Waals surface area contributed by atoms with Crippen molar-refractivity contribution >= 4 is 22.4 Å². The molecule has 1 aromatic carbocycles. The topological polar surface area (TPSA) is 49.4 Å². The number of nitrogens with one attached hydrogen (secondary N) is 1. The smallest absolute Gasteiger partial charge is 0.243 e. The van der Waals surface area contributed by atoms with Crippen molar-refractivity contribution in [2.45, 2.75) is 44.0 Å². The molecule has 0 spiro atoms. The fraction of sp³-hybridized carbons (Fsp3) is 0.625. The van der Waals surface area contributed by atoms with Gasteiger partial charge in [0.2, 0.25) is 10.0 Å². The highest BCUT2D eigenvalue weighted by molar-refractivity contribution is 7.89. The Labute approximate surface area is 140 Å². The number of hydrogen-bond donors (Lipinski definition) is 1. The molecule has 1 fully saturated rings. The fourth-order valence-corrected chi connectivity index (χ4v) is 4.27. The van der Waals surface area contributed by atoms with Gasteiger partial charge >= 0.3 is 0 Å². The van der Waals surface area contributed by atoms with E-state index in [-0.39, 0.29) is 12.4 Å². The summed E-state index contributed by atoms with van der Waals surface area (Å²) in [6.45, 7) is 5.52. The minimum atomic E-state index is -3.33. The van der Waals surface area contributed by atoms with Crippen molar-refractivity contribution < 1.29 is 8.42 Å². The third-order valence-electron chi connectivity index (χ3n) is 4.07. The van der Waals surface area contributed by atoms with Gasteiger partial charge in [-0.3, -0.25) is 0 Å². The zero-order valence-corrected chi connectivity index (χ0v) is 15.2. The average Bonchev–Trinajstić information content (AvgIpc) is 2.47. The molecular formula is C16H27ClN2O2S. The van der Waals surface area contributed by atoms with Crippen LogP contribution < -0.4 is 5.32 Å². The summed E-state index contributed by atoms with van der Waals surface area (Å²) >= 11 is 0.